The second-order valence-electron chi connectivity index (χ2n) is 3.26. The zero-order chi connectivity index (χ0) is 10.9. The first kappa shape index (κ1) is 9.64. The van der Waals surface area contributed by atoms with Gasteiger partial charge in [0.05, 0.1) is 0 Å². The number of carboxylic acids is 1. The van der Waals surface area contributed by atoms with Crippen molar-refractivity contribution >= 4 is 5.97 Å². The number of hydrogen-bond donors (Lipinski definition) is 1. The summed E-state index contributed by atoms with van der Waals surface area (Å²) in [5.41, 5.74) is -0.157. The molecule has 1 heterocycles. The number of nitrogens with zero attached hydrogens (tertiary/aromatic N) is 2. The Kier molecular flexibility index (Phi) is 2.15. The van der Waals surface area contributed by atoms with E-state index in [0.717, 1.165) is 4.68 Å². The van der Waals surface area contributed by atoms with E-state index < -0.39 is 11.8 Å². The van der Waals surface area contributed by atoms with Crippen molar-refractivity contribution in [3.8, 4) is 0 Å². The van der Waals surface area contributed by atoms with Gasteiger partial charge in [-0.25, -0.2) is 13.9 Å². The predicted octanol–water partition coefficient (Wildman–Crippen LogP) is 1.72. The van der Waals surface area contributed by atoms with E-state index in [4.69, 9.17) is 5.11 Å². The summed E-state index contributed by atoms with van der Waals surface area (Å²) in [5.74, 6) is -2.91. The van der Waals surface area contributed by atoms with Crippen LogP contribution in [-0.2, 0) is 5.79 Å². The Hall–Kier alpha value is -1.91. The maximum atomic E-state index is 14.2. The van der Waals surface area contributed by atoms with Crippen LogP contribution >= 0.6 is 0 Å². The molecule has 1 unspecified atom stereocenters. The van der Waals surface area contributed by atoms with Gasteiger partial charge in [-0.2, -0.15) is 5.10 Å². The predicted molar refractivity (Wildman–Crippen MR) is 51.2 cm³/mol. The van der Waals surface area contributed by atoms with Crippen LogP contribution in [0.15, 0.2) is 36.6 Å². The molecule has 1 aliphatic rings. The van der Waals surface area contributed by atoms with Gasteiger partial charge in [-0.1, -0.05) is 18.2 Å². The number of carbonyl (C=O) groups is 1. The molecule has 15 heavy (non-hydrogen) atoms. The molecule has 78 valence electrons. The minimum absolute atomic E-state index is 0.157. The topological polar surface area (TPSA) is 55.1 Å². The fraction of sp³-hybridized carbons (Fsp3) is 0.200. The number of halogens is 1. The minimum Gasteiger partial charge on any atom is -0.476 e. The number of allylic oxidation sites excluding steroid dienone is 4. The molecule has 5 heteroatoms. The molecule has 1 aromatic heterocycles. The first-order chi connectivity index (χ1) is 7.12. The second-order valence-corrected chi connectivity index (χ2v) is 3.26. The Morgan fingerprint density at radius 1 is 1.60 bits per heavy atom. The van der Waals surface area contributed by atoms with E-state index in [1.54, 1.807) is 18.2 Å². The van der Waals surface area contributed by atoms with Gasteiger partial charge in [0.2, 0.25) is 5.79 Å². The molecule has 1 aromatic rings. The summed E-state index contributed by atoms with van der Waals surface area (Å²) in [6.07, 6.45) is 7.82. The van der Waals surface area contributed by atoms with Crippen molar-refractivity contribution in [1.82, 2.24) is 9.78 Å². The summed E-state index contributed by atoms with van der Waals surface area (Å²) in [4.78, 5) is 10.6. The number of aromatic nitrogens is 2. The van der Waals surface area contributed by atoms with E-state index in [1.807, 2.05) is 0 Å². The Morgan fingerprint density at radius 3 is 2.93 bits per heavy atom. The van der Waals surface area contributed by atoms with E-state index in [2.05, 4.69) is 5.10 Å². The molecule has 1 atom stereocenters. The monoisotopic (exact) mass is 208 g/mol. The summed E-state index contributed by atoms with van der Waals surface area (Å²) in [6, 6.07) is 1.27. The summed E-state index contributed by atoms with van der Waals surface area (Å²) in [6.45, 7) is 0. The van der Waals surface area contributed by atoms with E-state index in [9.17, 15) is 9.18 Å². The molecule has 4 nitrogen and oxygen atoms in total. The van der Waals surface area contributed by atoms with Gasteiger partial charge in [0.25, 0.3) is 0 Å². The average molecular weight is 208 g/mol. The molecule has 0 fully saturated rings. The summed E-state index contributed by atoms with van der Waals surface area (Å²) in [5, 5.41) is 12.3. The number of hydrogen-bond acceptors (Lipinski definition) is 2. The van der Waals surface area contributed by atoms with Crippen LogP contribution in [-0.4, -0.2) is 20.9 Å². The first-order valence-corrected chi connectivity index (χ1v) is 4.44. The third-order valence-corrected chi connectivity index (χ3v) is 2.19. The molecular weight excluding hydrogens is 199 g/mol. The summed E-state index contributed by atoms with van der Waals surface area (Å²) >= 11 is 0. The second kappa shape index (κ2) is 3.34. The van der Waals surface area contributed by atoms with Crippen LogP contribution in [0.1, 0.15) is 16.9 Å². The SMILES string of the molecule is O=C(O)c1ccn(C2(F)C=CC=CC2)n1. The van der Waals surface area contributed by atoms with Crippen LogP contribution in [0, 0.1) is 0 Å². The molecule has 1 aliphatic carbocycles. The number of aromatic carboxylic acids is 1. The fourth-order valence-electron chi connectivity index (χ4n) is 1.40. The number of alkyl halides is 1. The zero-order valence-corrected chi connectivity index (χ0v) is 7.80. The fourth-order valence-corrected chi connectivity index (χ4v) is 1.40. The van der Waals surface area contributed by atoms with Crippen molar-refractivity contribution in [2.75, 3.05) is 0 Å². The highest BCUT2D eigenvalue weighted by Gasteiger charge is 2.29. The van der Waals surface area contributed by atoms with Crippen LogP contribution in [0.25, 0.3) is 0 Å². The first-order valence-electron chi connectivity index (χ1n) is 4.44. The molecule has 0 radical (unpaired) electrons. The molecule has 0 saturated heterocycles. The average Bonchev–Trinajstić information content (AvgIpc) is 2.68. The molecule has 0 spiro atoms. The molecule has 0 bridgehead atoms. The number of rotatable bonds is 2. The lowest BCUT2D eigenvalue weighted by Gasteiger charge is -2.22. The van der Waals surface area contributed by atoms with Crippen LogP contribution in [0.4, 0.5) is 4.39 Å². The maximum Gasteiger partial charge on any atom is 0.356 e. The third-order valence-electron chi connectivity index (χ3n) is 2.19. The highest BCUT2D eigenvalue weighted by Crippen LogP contribution is 2.27. The molecule has 0 aliphatic heterocycles. The lowest BCUT2D eigenvalue weighted by molar-refractivity contribution is 0.0682. The van der Waals surface area contributed by atoms with Gasteiger partial charge in [0, 0.05) is 12.6 Å². The number of carboxylic acid groups (broad SMARTS) is 1. The molecule has 2 rings (SSSR count). The van der Waals surface area contributed by atoms with Crippen molar-refractivity contribution in [2.45, 2.75) is 12.2 Å². The van der Waals surface area contributed by atoms with Gasteiger partial charge in [-0.3, -0.25) is 0 Å². The lowest BCUT2D eigenvalue weighted by Crippen LogP contribution is -2.27. The van der Waals surface area contributed by atoms with E-state index in [-0.39, 0.29) is 12.1 Å². The lowest BCUT2D eigenvalue weighted by atomic mass is 10.1. The van der Waals surface area contributed by atoms with E-state index in [1.165, 1.54) is 18.3 Å². The van der Waals surface area contributed by atoms with Crippen molar-refractivity contribution < 1.29 is 14.3 Å². The molecule has 0 aromatic carbocycles. The molecule has 1 N–H and O–H groups in total. The summed E-state index contributed by atoms with van der Waals surface area (Å²) in [7, 11) is 0. The summed E-state index contributed by atoms with van der Waals surface area (Å²) < 4.78 is 15.2. The van der Waals surface area contributed by atoms with Crippen molar-refractivity contribution in [1.29, 1.82) is 0 Å². The van der Waals surface area contributed by atoms with Gasteiger partial charge >= 0.3 is 5.97 Å². The molecule has 0 amide bonds. The van der Waals surface area contributed by atoms with E-state index >= 15 is 0 Å². The van der Waals surface area contributed by atoms with Gasteiger partial charge in [0.15, 0.2) is 5.69 Å². The Labute approximate surface area is 85.3 Å². The standard InChI is InChI=1S/C10H9FN2O2/c11-10(5-2-1-3-6-10)13-7-4-8(12-13)9(14)15/h1-5,7H,6H2,(H,14,15). The smallest absolute Gasteiger partial charge is 0.356 e. The van der Waals surface area contributed by atoms with Crippen LogP contribution < -0.4 is 0 Å². The van der Waals surface area contributed by atoms with Crippen LogP contribution in [0.5, 0.6) is 0 Å². The van der Waals surface area contributed by atoms with Crippen LogP contribution in [0.3, 0.4) is 0 Å². The quantitative estimate of drug-likeness (QED) is 0.805. The van der Waals surface area contributed by atoms with Gasteiger partial charge in [0.1, 0.15) is 0 Å². The Balaban J connectivity index is 2.33. The van der Waals surface area contributed by atoms with Crippen molar-refractivity contribution in [3.05, 3.63) is 42.3 Å². The van der Waals surface area contributed by atoms with E-state index in [0.29, 0.717) is 0 Å². The minimum atomic E-state index is -1.75. The van der Waals surface area contributed by atoms with Crippen molar-refractivity contribution in [3.63, 3.8) is 0 Å². The van der Waals surface area contributed by atoms with Crippen LogP contribution in [0.2, 0.25) is 0 Å². The van der Waals surface area contributed by atoms with Gasteiger partial charge in [-0.05, 0) is 12.1 Å². The van der Waals surface area contributed by atoms with Gasteiger partial charge < -0.3 is 5.11 Å². The third kappa shape index (κ3) is 1.68. The van der Waals surface area contributed by atoms with Gasteiger partial charge in [-0.15, -0.1) is 0 Å². The maximum absolute atomic E-state index is 14.2. The highest BCUT2D eigenvalue weighted by atomic mass is 19.1. The normalized spacial score (nSPS) is 24.3. The molecular formula is C10H9FN2O2. The highest BCUT2D eigenvalue weighted by molar-refractivity contribution is 5.85. The Bertz CT molecular complexity index is 450. The molecule has 0 saturated carbocycles. The Morgan fingerprint density at radius 2 is 2.40 bits per heavy atom. The van der Waals surface area contributed by atoms with Crippen molar-refractivity contribution in [2.24, 2.45) is 0 Å². The zero-order valence-electron chi connectivity index (χ0n) is 7.80. The largest absolute Gasteiger partial charge is 0.476 e.